The van der Waals surface area contributed by atoms with Crippen LogP contribution in [0.5, 0.6) is 0 Å². The molecule has 0 aromatic carbocycles. The van der Waals surface area contributed by atoms with E-state index in [2.05, 4.69) is 10.6 Å². The fourth-order valence-electron chi connectivity index (χ4n) is 1.72. The second kappa shape index (κ2) is 10.1. The van der Waals surface area contributed by atoms with E-state index in [1.165, 1.54) is 0 Å². The van der Waals surface area contributed by atoms with E-state index in [-0.39, 0.29) is 37.2 Å². The van der Waals surface area contributed by atoms with Crippen molar-refractivity contribution < 1.29 is 19.5 Å². The van der Waals surface area contributed by atoms with Crippen LogP contribution >= 0.6 is 0 Å². The first-order valence-electron chi connectivity index (χ1n) is 6.91. The minimum atomic E-state index is -0.885. The summed E-state index contributed by atoms with van der Waals surface area (Å²) in [5, 5.41) is 13.7. The van der Waals surface area contributed by atoms with Crippen LogP contribution in [-0.2, 0) is 9.59 Å². The molecule has 0 aliphatic heterocycles. The number of carbonyl (C=O) groups is 3. The maximum Gasteiger partial charge on any atom is 0.314 e. The first kappa shape index (κ1) is 18.2. The van der Waals surface area contributed by atoms with Crippen LogP contribution in [0.25, 0.3) is 0 Å². The predicted octanol–water partition coefficient (Wildman–Crippen LogP) is 0.655. The molecule has 0 aliphatic rings. The van der Waals surface area contributed by atoms with Crippen molar-refractivity contribution in [2.24, 2.45) is 5.92 Å². The molecule has 0 heterocycles. The van der Waals surface area contributed by atoms with E-state index in [0.29, 0.717) is 19.6 Å². The molecule has 7 nitrogen and oxygen atoms in total. The molecular formula is C13H25N3O4. The molecule has 0 fully saturated rings. The summed E-state index contributed by atoms with van der Waals surface area (Å²) in [7, 11) is 0. The van der Waals surface area contributed by atoms with Gasteiger partial charge in [0.1, 0.15) is 0 Å². The van der Waals surface area contributed by atoms with Crippen molar-refractivity contribution in [1.82, 2.24) is 15.5 Å². The minimum absolute atomic E-state index is 0.00884. The summed E-state index contributed by atoms with van der Waals surface area (Å²) >= 11 is 0. The molecular weight excluding hydrogens is 262 g/mol. The van der Waals surface area contributed by atoms with Crippen LogP contribution < -0.4 is 10.6 Å². The summed E-state index contributed by atoms with van der Waals surface area (Å²) in [6.45, 7) is 7.45. The van der Waals surface area contributed by atoms with Crippen LogP contribution in [0.15, 0.2) is 0 Å². The molecule has 1 atom stereocenters. The molecule has 1 unspecified atom stereocenters. The Kier molecular flexibility index (Phi) is 9.15. The maximum absolute atomic E-state index is 11.7. The van der Waals surface area contributed by atoms with Crippen molar-refractivity contribution in [3.8, 4) is 0 Å². The molecule has 7 heteroatoms. The van der Waals surface area contributed by atoms with Crippen molar-refractivity contribution in [3.05, 3.63) is 0 Å². The number of carboxylic acid groups (broad SMARTS) is 1. The van der Waals surface area contributed by atoms with E-state index < -0.39 is 5.97 Å². The van der Waals surface area contributed by atoms with E-state index in [0.717, 1.165) is 0 Å². The highest BCUT2D eigenvalue weighted by molar-refractivity contribution is 5.78. The van der Waals surface area contributed by atoms with Crippen molar-refractivity contribution in [3.63, 3.8) is 0 Å². The van der Waals surface area contributed by atoms with Crippen molar-refractivity contribution in [2.75, 3.05) is 26.2 Å². The number of hydrogen-bond donors (Lipinski definition) is 3. The van der Waals surface area contributed by atoms with Gasteiger partial charge in [0.25, 0.3) is 0 Å². The van der Waals surface area contributed by atoms with Gasteiger partial charge in [-0.1, -0.05) is 6.92 Å². The van der Waals surface area contributed by atoms with Crippen LogP contribution in [-0.4, -0.2) is 54.1 Å². The fourth-order valence-corrected chi connectivity index (χ4v) is 1.72. The summed E-state index contributed by atoms with van der Waals surface area (Å²) < 4.78 is 0. The number of urea groups is 1. The van der Waals surface area contributed by atoms with Crippen LogP contribution in [0.1, 0.15) is 33.6 Å². The second-order valence-corrected chi connectivity index (χ2v) is 4.66. The van der Waals surface area contributed by atoms with Gasteiger partial charge in [-0.05, 0) is 19.8 Å². The average molecular weight is 287 g/mol. The molecule has 0 aliphatic carbocycles. The number of carboxylic acids is 1. The summed E-state index contributed by atoms with van der Waals surface area (Å²) in [6, 6.07) is -0.380. The van der Waals surface area contributed by atoms with Crippen LogP contribution in [0.4, 0.5) is 4.79 Å². The Balaban J connectivity index is 3.78. The molecule has 116 valence electrons. The standard InChI is InChI=1S/C13H25N3O4/c1-4-16(5-2)11(17)6-7-14-13(20)15-9-10(3)8-12(18)19/h10H,4-9H2,1-3H3,(H,18,19)(H2,14,15,20). The third-order valence-corrected chi connectivity index (χ3v) is 2.87. The molecule has 0 spiro atoms. The van der Waals surface area contributed by atoms with E-state index in [1.54, 1.807) is 11.8 Å². The van der Waals surface area contributed by atoms with Crippen LogP contribution in [0.2, 0.25) is 0 Å². The van der Waals surface area contributed by atoms with Gasteiger partial charge in [0, 0.05) is 39.0 Å². The molecule has 20 heavy (non-hydrogen) atoms. The highest BCUT2D eigenvalue weighted by Gasteiger charge is 2.11. The zero-order chi connectivity index (χ0) is 15.5. The monoisotopic (exact) mass is 287 g/mol. The van der Waals surface area contributed by atoms with Crippen LogP contribution in [0.3, 0.4) is 0 Å². The fraction of sp³-hybridized carbons (Fsp3) is 0.769. The summed E-state index contributed by atoms with van der Waals surface area (Å²) in [5.41, 5.74) is 0. The Morgan fingerprint density at radius 3 is 2.25 bits per heavy atom. The largest absolute Gasteiger partial charge is 0.481 e. The Hall–Kier alpha value is -1.79. The first-order chi connectivity index (χ1) is 9.40. The maximum atomic E-state index is 11.7. The molecule has 3 N–H and O–H groups in total. The predicted molar refractivity (Wildman–Crippen MR) is 75.4 cm³/mol. The van der Waals surface area contributed by atoms with E-state index in [1.807, 2.05) is 13.8 Å². The summed E-state index contributed by atoms with van der Waals surface area (Å²) in [4.78, 5) is 35.2. The second-order valence-electron chi connectivity index (χ2n) is 4.66. The molecule has 0 saturated heterocycles. The number of rotatable bonds is 9. The van der Waals surface area contributed by atoms with Crippen molar-refractivity contribution in [1.29, 1.82) is 0 Å². The van der Waals surface area contributed by atoms with Gasteiger partial charge in [-0.15, -0.1) is 0 Å². The smallest absolute Gasteiger partial charge is 0.314 e. The van der Waals surface area contributed by atoms with Gasteiger partial charge in [-0.3, -0.25) is 9.59 Å². The van der Waals surface area contributed by atoms with Gasteiger partial charge >= 0.3 is 12.0 Å². The summed E-state index contributed by atoms with van der Waals surface area (Å²) in [5.74, 6) is -1.00. The lowest BCUT2D eigenvalue weighted by molar-refractivity contribution is -0.138. The molecule has 0 radical (unpaired) electrons. The SMILES string of the molecule is CCN(CC)C(=O)CCNC(=O)NCC(C)CC(=O)O. The molecule has 0 saturated carbocycles. The molecule has 0 aromatic heterocycles. The lowest BCUT2D eigenvalue weighted by Gasteiger charge is -2.18. The number of carbonyl (C=O) groups excluding carboxylic acids is 2. The molecule has 0 bridgehead atoms. The zero-order valence-electron chi connectivity index (χ0n) is 12.4. The van der Waals surface area contributed by atoms with Gasteiger partial charge < -0.3 is 20.6 Å². The zero-order valence-corrected chi connectivity index (χ0v) is 12.4. The number of aliphatic carboxylic acids is 1. The Bertz CT molecular complexity index is 330. The molecule has 3 amide bonds. The van der Waals surface area contributed by atoms with Gasteiger partial charge in [0.05, 0.1) is 0 Å². The minimum Gasteiger partial charge on any atom is -0.481 e. The van der Waals surface area contributed by atoms with Crippen molar-refractivity contribution in [2.45, 2.75) is 33.6 Å². The van der Waals surface area contributed by atoms with E-state index in [9.17, 15) is 14.4 Å². The Morgan fingerprint density at radius 2 is 1.75 bits per heavy atom. The number of nitrogens with one attached hydrogen (secondary N) is 2. The van der Waals surface area contributed by atoms with Gasteiger partial charge in [0.2, 0.25) is 5.91 Å². The lowest BCUT2D eigenvalue weighted by Crippen LogP contribution is -2.40. The number of amides is 3. The molecule has 0 rings (SSSR count). The highest BCUT2D eigenvalue weighted by Crippen LogP contribution is 1.99. The van der Waals surface area contributed by atoms with E-state index in [4.69, 9.17) is 5.11 Å². The number of nitrogens with zero attached hydrogens (tertiary/aromatic N) is 1. The third kappa shape index (κ3) is 8.34. The van der Waals surface area contributed by atoms with E-state index >= 15 is 0 Å². The third-order valence-electron chi connectivity index (χ3n) is 2.87. The Morgan fingerprint density at radius 1 is 1.15 bits per heavy atom. The quantitative estimate of drug-likeness (QED) is 0.580. The van der Waals surface area contributed by atoms with Gasteiger partial charge in [-0.25, -0.2) is 4.79 Å². The lowest BCUT2D eigenvalue weighted by atomic mass is 10.1. The topological polar surface area (TPSA) is 98.7 Å². The highest BCUT2D eigenvalue weighted by atomic mass is 16.4. The molecule has 0 aromatic rings. The first-order valence-corrected chi connectivity index (χ1v) is 6.91. The normalized spacial score (nSPS) is 11.6. The number of hydrogen-bond acceptors (Lipinski definition) is 3. The average Bonchev–Trinajstić information content (AvgIpc) is 2.37. The summed E-state index contributed by atoms with van der Waals surface area (Å²) in [6.07, 6.45) is 0.278. The Labute approximate surface area is 119 Å². The van der Waals surface area contributed by atoms with Gasteiger partial charge in [-0.2, -0.15) is 0 Å². The van der Waals surface area contributed by atoms with Crippen molar-refractivity contribution >= 4 is 17.9 Å². The van der Waals surface area contributed by atoms with Gasteiger partial charge in [0.15, 0.2) is 0 Å². The van der Waals surface area contributed by atoms with Crippen LogP contribution in [0, 0.1) is 5.92 Å².